The minimum Gasteiger partial charge on any atom is -0.748 e. The van der Waals surface area contributed by atoms with Crippen LogP contribution in [0.5, 0.6) is 0 Å². The third-order valence-corrected chi connectivity index (χ3v) is 3.60. The van der Waals surface area contributed by atoms with Gasteiger partial charge in [-0.15, -0.1) is 0 Å². The molecule has 18 heavy (non-hydrogen) atoms. The summed E-state index contributed by atoms with van der Waals surface area (Å²) in [7, 11) is -4.13. The zero-order valence-corrected chi connectivity index (χ0v) is 11.8. The van der Waals surface area contributed by atoms with Gasteiger partial charge in [0.1, 0.15) is 6.04 Å². The molecule has 0 aromatic carbocycles. The van der Waals surface area contributed by atoms with Crippen LogP contribution in [0, 0.1) is 0 Å². The van der Waals surface area contributed by atoms with Gasteiger partial charge in [0.05, 0.1) is 29.8 Å². The lowest BCUT2D eigenvalue weighted by molar-refractivity contribution is -0.920. The van der Waals surface area contributed by atoms with E-state index in [1.54, 1.807) is 0 Å². The van der Waals surface area contributed by atoms with Gasteiger partial charge in [-0.05, 0) is 19.9 Å². The molecule has 0 saturated carbocycles. The monoisotopic (exact) mass is 278 g/mol. The first-order valence-corrected chi connectivity index (χ1v) is 7.56. The van der Waals surface area contributed by atoms with Crippen LogP contribution >= 0.6 is 0 Å². The second-order valence-electron chi connectivity index (χ2n) is 4.23. The molecule has 0 fully saturated rings. The third kappa shape index (κ3) is 8.21. The van der Waals surface area contributed by atoms with E-state index in [9.17, 15) is 17.8 Å². The van der Waals surface area contributed by atoms with E-state index in [-0.39, 0.29) is 17.7 Å². The second-order valence-corrected chi connectivity index (χ2v) is 5.75. The Bertz CT molecular complexity index is 367. The molecule has 0 bridgehead atoms. The van der Waals surface area contributed by atoms with Crippen molar-refractivity contribution in [3.63, 3.8) is 0 Å². The van der Waals surface area contributed by atoms with Crippen molar-refractivity contribution in [3.8, 4) is 0 Å². The Morgan fingerprint density at radius 3 is 2.61 bits per heavy atom. The van der Waals surface area contributed by atoms with Gasteiger partial charge in [0.25, 0.3) is 0 Å². The minimum atomic E-state index is -4.13. The Labute approximate surface area is 109 Å². The first kappa shape index (κ1) is 17.1. The molecule has 2 N–H and O–H groups in total. The van der Waals surface area contributed by atoms with Gasteiger partial charge < -0.3 is 14.8 Å². The molecule has 106 valence electrons. The van der Waals surface area contributed by atoms with Crippen LogP contribution in [0.2, 0.25) is 0 Å². The molecule has 0 radical (unpaired) electrons. The number of rotatable bonds is 9. The normalized spacial score (nSPS) is 14.8. The number of amides is 1. The van der Waals surface area contributed by atoms with Crippen molar-refractivity contribution < 1.29 is 22.7 Å². The zero-order chi connectivity index (χ0) is 14.2. The van der Waals surface area contributed by atoms with Crippen molar-refractivity contribution in [2.24, 2.45) is 0 Å². The van der Waals surface area contributed by atoms with Gasteiger partial charge in [0.15, 0.2) is 0 Å². The van der Waals surface area contributed by atoms with Crippen molar-refractivity contribution in [1.29, 1.82) is 0 Å². The lowest BCUT2D eigenvalue weighted by atomic mass is 10.2. The van der Waals surface area contributed by atoms with E-state index in [1.807, 2.05) is 13.8 Å². The summed E-state index contributed by atoms with van der Waals surface area (Å²) in [6.45, 7) is 9.21. The van der Waals surface area contributed by atoms with Gasteiger partial charge in [0.2, 0.25) is 5.91 Å². The summed E-state index contributed by atoms with van der Waals surface area (Å²) >= 11 is 0. The first-order valence-electron chi connectivity index (χ1n) is 5.98. The highest BCUT2D eigenvalue weighted by Gasteiger charge is 2.16. The van der Waals surface area contributed by atoms with E-state index in [0.717, 1.165) is 11.4 Å². The van der Waals surface area contributed by atoms with E-state index < -0.39 is 10.1 Å². The van der Waals surface area contributed by atoms with Crippen LogP contribution in [-0.2, 0) is 14.9 Å². The predicted molar refractivity (Wildman–Crippen MR) is 68.2 cm³/mol. The van der Waals surface area contributed by atoms with E-state index in [2.05, 4.69) is 11.9 Å². The van der Waals surface area contributed by atoms with Gasteiger partial charge >= 0.3 is 0 Å². The topological polar surface area (TPSA) is 90.7 Å². The summed E-state index contributed by atoms with van der Waals surface area (Å²) < 4.78 is 31.5. The Kier molecular flexibility index (Phi) is 7.81. The van der Waals surface area contributed by atoms with Crippen molar-refractivity contribution in [2.75, 3.05) is 25.4 Å². The first-order chi connectivity index (χ1) is 8.30. The number of likely N-dealkylation sites (N-methyl/N-ethyl adjacent to an activating group) is 1. The summed E-state index contributed by atoms with van der Waals surface area (Å²) in [4.78, 5) is 12.2. The number of hydrogen-bond acceptors (Lipinski definition) is 4. The van der Waals surface area contributed by atoms with Gasteiger partial charge in [-0.2, -0.15) is 0 Å². The van der Waals surface area contributed by atoms with Crippen molar-refractivity contribution in [3.05, 3.63) is 12.7 Å². The van der Waals surface area contributed by atoms with E-state index in [4.69, 9.17) is 0 Å². The van der Waals surface area contributed by atoms with Gasteiger partial charge in [0, 0.05) is 12.2 Å². The molecule has 1 amide bonds. The van der Waals surface area contributed by atoms with Gasteiger partial charge in [-0.25, -0.2) is 8.42 Å². The fourth-order valence-electron chi connectivity index (χ4n) is 1.72. The second kappa shape index (κ2) is 8.23. The molecule has 0 heterocycles. The van der Waals surface area contributed by atoms with E-state index in [1.165, 1.54) is 6.08 Å². The summed E-state index contributed by atoms with van der Waals surface area (Å²) in [6.07, 6.45) is 1.55. The number of carbonyl (C=O) groups excluding carboxylic acids is 1. The molecule has 0 rings (SSSR count). The van der Waals surface area contributed by atoms with Gasteiger partial charge in [-0.3, -0.25) is 4.79 Å². The number of hydrogen-bond donors (Lipinski definition) is 2. The van der Waals surface area contributed by atoms with Crippen LogP contribution in [-0.4, -0.2) is 50.3 Å². The van der Waals surface area contributed by atoms with Crippen LogP contribution in [0.1, 0.15) is 20.3 Å². The lowest BCUT2D eigenvalue weighted by Crippen LogP contribution is -3.16. The molecule has 2 atom stereocenters. The van der Waals surface area contributed by atoms with Crippen LogP contribution in [0.4, 0.5) is 0 Å². The van der Waals surface area contributed by atoms with Gasteiger partial charge in [-0.1, -0.05) is 6.58 Å². The average molecular weight is 278 g/mol. The maximum atomic E-state index is 11.0. The largest absolute Gasteiger partial charge is 0.748 e. The van der Waals surface area contributed by atoms with Crippen LogP contribution in [0.25, 0.3) is 0 Å². The molecule has 0 aromatic rings. The number of quaternary nitrogens is 1. The quantitative estimate of drug-likeness (QED) is 0.397. The van der Waals surface area contributed by atoms with E-state index >= 15 is 0 Å². The Hall–Kier alpha value is -0.920. The summed E-state index contributed by atoms with van der Waals surface area (Å²) in [5.74, 6) is -0.554. The fraction of sp³-hybridized carbons (Fsp3) is 0.727. The smallest absolute Gasteiger partial charge is 0.243 e. The Balaban J connectivity index is 4.07. The summed E-state index contributed by atoms with van der Waals surface area (Å²) in [5.41, 5.74) is 0. The van der Waals surface area contributed by atoms with Crippen molar-refractivity contribution in [2.45, 2.75) is 26.3 Å². The Morgan fingerprint density at radius 1 is 1.56 bits per heavy atom. The Morgan fingerprint density at radius 2 is 2.17 bits per heavy atom. The molecule has 2 unspecified atom stereocenters. The molecule has 0 spiro atoms. The molecular formula is C11H22N2O4S. The molecule has 0 saturated heterocycles. The molecule has 6 nitrogen and oxygen atoms in total. The lowest BCUT2D eigenvalue weighted by Gasteiger charge is -2.25. The maximum Gasteiger partial charge on any atom is 0.243 e. The van der Waals surface area contributed by atoms with Crippen molar-refractivity contribution in [1.82, 2.24) is 5.32 Å². The van der Waals surface area contributed by atoms with Crippen LogP contribution in [0.15, 0.2) is 12.7 Å². The average Bonchev–Trinajstić information content (AvgIpc) is 2.29. The highest BCUT2D eigenvalue weighted by Crippen LogP contribution is 1.85. The number of nitrogens with one attached hydrogen (secondary N) is 2. The number of carbonyl (C=O) groups is 1. The molecule has 0 aliphatic carbocycles. The SMILES string of the molecule is C=CC(=O)NCC(C)[NH+](CC)CCCS(=O)(=O)[O-]. The van der Waals surface area contributed by atoms with Crippen molar-refractivity contribution >= 4 is 16.0 Å². The fourth-order valence-corrected chi connectivity index (χ4v) is 2.22. The molecular weight excluding hydrogens is 256 g/mol. The highest BCUT2D eigenvalue weighted by atomic mass is 32.2. The molecule has 0 aliphatic rings. The maximum absolute atomic E-state index is 11.0. The third-order valence-electron chi connectivity index (χ3n) is 2.81. The predicted octanol–water partition coefficient (Wildman–Crippen LogP) is -1.48. The van der Waals surface area contributed by atoms with E-state index in [0.29, 0.717) is 19.5 Å². The zero-order valence-electron chi connectivity index (χ0n) is 10.9. The molecule has 0 aliphatic heterocycles. The highest BCUT2D eigenvalue weighted by molar-refractivity contribution is 7.85. The molecule has 7 heteroatoms. The molecule has 0 aromatic heterocycles. The summed E-state index contributed by atoms with van der Waals surface area (Å²) in [5, 5.41) is 2.70. The minimum absolute atomic E-state index is 0.160. The standard InChI is InChI=1S/C11H22N2O4S/c1-4-11(14)12-9-10(3)13(5-2)7-6-8-18(15,16)17/h4,10H,1,5-9H2,2-3H3,(H,12,14)(H,15,16,17). The summed E-state index contributed by atoms with van der Waals surface area (Å²) in [6, 6.07) is 0.160. The van der Waals surface area contributed by atoms with Crippen LogP contribution in [0.3, 0.4) is 0 Å². The van der Waals surface area contributed by atoms with Crippen LogP contribution < -0.4 is 10.2 Å².